The lowest BCUT2D eigenvalue weighted by Gasteiger charge is -2.02. The van der Waals surface area contributed by atoms with E-state index in [-0.39, 0.29) is 4.87 Å². The standard InChI is InChI=1S/C12H14BrNOS/c13-8-4-1-5-9-14-10-6-2-3-7-11(10)16-12(14)15/h2-3,6-7H,1,4-5,8-9H2. The fourth-order valence-corrected chi connectivity index (χ4v) is 3.08. The molecule has 0 bridgehead atoms. The van der Waals surface area contributed by atoms with E-state index >= 15 is 0 Å². The molecule has 0 N–H and O–H groups in total. The summed E-state index contributed by atoms with van der Waals surface area (Å²) in [4.78, 5) is 11.9. The molecule has 0 radical (unpaired) electrons. The molecule has 0 atom stereocenters. The summed E-state index contributed by atoms with van der Waals surface area (Å²) in [6, 6.07) is 8.00. The zero-order valence-electron chi connectivity index (χ0n) is 8.99. The van der Waals surface area contributed by atoms with E-state index in [1.54, 1.807) is 0 Å². The molecule has 16 heavy (non-hydrogen) atoms. The first kappa shape index (κ1) is 11.9. The van der Waals surface area contributed by atoms with Crippen molar-refractivity contribution in [3.8, 4) is 0 Å². The SMILES string of the molecule is O=c1sc2ccccc2n1CCCCCBr. The lowest BCUT2D eigenvalue weighted by atomic mass is 10.2. The highest BCUT2D eigenvalue weighted by atomic mass is 79.9. The third kappa shape index (κ3) is 2.55. The maximum absolute atomic E-state index is 11.8. The molecule has 86 valence electrons. The minimum absolute atomic E-state index is 0.167. The third-order valence-electron chi connectivity index (χ3n) is 2.59. The van der Waals surface area contributed by atoms with Crippen LogP contribution >= 0.6 is 27.3 Å². The minimum atomic E-state index is 0.167. The smallest absolute Gasteiger partial charge is 0.299 e. The first-order valence-corrected chi connectivity index (χ1v) is 7.41. The average Bonchev–Trinajstić information content (AvgIpc) is 2.61. The molecule has 0 aliphatic carbocycles. The van der Waals surface area contributed by atoms with Crippen molar-refractivity contribution in [2.45, 2.75) is 25.8 Å². The summed E-state index contributed by atoms with van der Waals surface area (Å²) >= 11 is 4.76. The number of hydrogen-bond acceptors (Lipinski definition) is 2. The molecule has 0 saturated carbocycles. The predicted octanol–water partition coefficient (Wildman–Crippen LogP) is 3.63. The largest absolute Gasteiger partial charge is 0.308 e. The van der Waals surface area contributed by atoms with Crippen LogP contribution in [0, 0.1) is 0 Å². The zero-order valence-corrected chi connectivity index (χ0v) is 11.4. The molecule has 0 spiro atoms. The number of halogens is 1. The van der Waals surface area contributed by atoms with Crippen LogP contribution in [0.1, 0.15) is 19.3 Å². The Morgan fingerprint density at radius 1 is 1.19 bits per heavy atom. The molecule has 2 aromatic rings. The van der Waals surface area contributed by atoms with Crippen LogP contribution in [0.4, 0.5) is 0 Å². The van der Waals surface area contributed by atoms with Crippen LogP contribution < -0.4 is 4.87 Å². The van der Waals surface area contributed by atoms with Crippen LogP contribution in [0.5, 0.6) is 0 Å². The Morgan fingerprint density at radius 2 is 2.00 bits per heavy atom. The normalized spacial score (nSPS) is 11.1. The van der Waals surface area contributed by atoms with Gasteiger partial charge in [0.2, 0.25) is 0 Å². The molecule has 0 fully saturated rings. The van der Waals surface area contributed by atoms with Crippen molar-refractivity contribution in [2.24, 2.45) is 0 Å². The van der Waals surface area contributed by atoms with Gasteiger partial charge in [0, 0.05) is 11.9 Å². The molecule has 0 aliphatic heterocycles. The van der Waals surface area contributed by atoms with E-state index in [2.05, 4.69) is 15.9 Å². The van der Waals surface area contributed by atoms with Crippen LogP contribution in [-0.4, -0.2) is 9.90 Å². The fraction of sp³-hybridized carbons (Fsp3) is 0.417. The van der Waals surface area contributed by atoms with Crippen molar-refractivity contribution >= 4 is 37.5 Å². The molecular formula is C12H14BrNOS. The van der Waals surface area contributed by atoms with Crippen molar-refractivity contribution in [3.05, 3.63) is 33.9 Å². The number of aromatic nitrogens is 1. The zero-order chi connectivity index (χ0) is 11.4. The number of para-hydroxylation sites is 1. The Hall–Kier alpha value is -0.610. The fourth-order valence-electron chi connectivity index (χ4n) is 1.77. The van der Waals surface area contributed by atoms with Crippen LogP contribution in [0.25, 0.3) is 10.2 Å². The van der Waals surface area contributed by atoms with Gasteiger partial charge in [-0.15, -0.1) is 0 Å². The Morgan fingerprint density at radius 3 is 2.81 bits per heavy atom. The van der Waals surface area contributed by atoms with Gasteiger partial charge in [-0.3, -0.25) is 9.36 Å². The Bertz CT molecular complexity index is 517. The molecular weight excluding hydrogens is 286 g/mol. The lowest BCUT2D eigenvalue weighted by Crippen LogP contribution is -2.12. The second-order valence-electron chi connectivity index (χ2n) is 3.74. The molecule has 0 amide bonds. The van der Waals surface area contributed by atoms with Crippen LogP contribution in [0.3, 0.4) is 0 Å². The maximum atomic E-state index is 11.8. The number of hydrogen-bond donors (Lipinski definition) is 0. The van der Waals surface area contributed by atoms with Gasteiger partial charge in [0.1, 0.15) is 0 Å². The van der Waals surface area contributed by atoms with E-state index in [1.165, 1.54) is 24.2 Å². The number of nitrogens with zero attached hydrogens (tertiary/aromatic N) is 1. The van der Waals surface area contributed by atoms with E-state index in [0.29, 0.717) is 0 Å². The van der Waals surface area contributed by atoms with Gasteiger partial charge < -0.3 is 0 Å². The summed E-state index contributed by atoms with van der Waals surface area (Å²) < 4.78 is 2.99. The first-order valence-electron chi connectivity index (χ1n) is 5.47. The molecule has 4 heteroatoms. The highest BCUT2D eigenvalue weighted by Crippen LogP contribution is 2.17. The highest BCUT2D eigenvalue weighted by molar-refractivity contribution is 9.09. The molecule has 0 saturated heterocycles. The van der Waals surface area contributed by atoms with Crippen molar-refractivity contribution < 1.29 is 0 Å². The van der Waals surface area contributed by atoms with E-state index in [0.717, 1.165) is 28.5 Å². The van der Waals surface area contributed by atoms with Crippen LogP contribution in [-0.2, 0) is 6.54 Å². The summed E-state index contributed by atoms with van der Waals surface area (Å²) in [7, 11) is 0. The number of thiazole rings is 1. The number of rotatable bonds is 5. The van der Waals surface area contributed by atoms with Crippen molar-refractivity contribution in [1.29, 1.82) is 0 Å². The Balaban J connectivity index is 2.16. The average molecular weight is 300 g/mol. The number of alkyl halides is 1. The molecule has 1 aromatic carbocycles. The second kappa shape index (κ2) is 5.64. The van der Waals surface area contributed by atoms with Gasteiger partial charge in [-0.25, -0.2) is 0 Å². The quantitative estimate of drug-likeness (QED) is 0.610. The topological polar surface area (TPSA) is 22.0 Å². The van der Waals surface area contributed by atoms with E-state index in [9.17, 15) is 4.79 Å². The van der Waals surface area contributed by atoms with Gasteiger partial charge in [-0.1, -0.05) is 45.8 Å². The number of unbranched alkanes of at least 4 members (excludes halogenated alkanes) is 2. The van der Waals surface area contributed by atoms with Crippen LogP contribution in [0.15, 0.2) is 29.1 Å². The highest BCUT2D eigenvalue weighted by Gasteiger charge is 2.05. The van der Waals surface area contributed by atoms with Crippen molar-refractivity contribution in [1.82, 2.24) is 4.57 Å². The van der Waals surface area contributed by atoms with Gasteiger partial charge in [0.25, 0.3) is 0 Å². The van der Waals surface area contributed by atoms with E-state index < -0.39 is 0 Å². The summed E-state index contributed by atoms with van der Waals surface area (Å²) in [6.07, 6.45) is 3.42. The minimum Gasteiger partial charge on any atom is -0.299 e. The predicted molar refractivity (Wildman–Crippen MR) is 73.7 cm³/mol. The van der Waals surface area contributed by atoms with Gasteiger partial charge in [0.15, 0.2) is 0 Å². The van der Waals surface area contributed by atoms with Crippen molar-refractivity contribution in [2.75, 3.05) is 5.33 Å². The summed E-state index contributed by atoms with van der Waals surface area (Å²) in [6.45, 7) is 0.843. The summed E-state index contributed by atoms with van der Waals surface area (Å²) in [5.41, 5.74) is 1.08. The van der Waals surface area contributed by atoms with Gasteiger partial charge in [-0.05, 0) is 25.0 Å². The van der Waals surface area contributed by atoms with Crippen LogP contribution in [0.2, 0.25) is 0 Å². The maximum Gasteiger partial charge on any atom is 0.308 e. The summed E-state index contributed by atoms with van der Waals surface area (Å²) in [5, 5.41) is 1.05. The molecule has 2 rings (SSSR count). The van der Waals surface area contributed by atoms with Gasteiger partial charge in [0.05, 0.1) is 10.2 Å². The molecule has 1 aromatic heterocycles. The van der Waals surface area contributed by atoms with Crippen molar-refractivity contribution in [3.63, 3.8) is 0 Å². The number of aryl methyl sites for hydroxylation is 1. The second-order valence-corrected chi connectivity index (χ2v) is 5.52. The summed E-state index contributed by atoms with van der Waals surface area (Å²) in [5.74, 6) is 0. The lowest BCUT2D eigenvalue weighted by molar-refractivity contribution is 0.612. The monoisotopic (exact) mass is 299 g/mol. The molecule has 2 nitrogen and oxygen atoms in total. The molecule has 1 heterocycles. The first-order chi connectivity index (χ1) is 7.83. The van der Waals surface area contributed by atoms with Gasteiger partial charge >= 0.3 is 4.87 Å². The number of fused-ring (bicyclic) bond motifs is 1. The third-order valence-corrected chi connectivity index (χ3v) is 4.11. The Labute approximate surface area is 107 Å². The molecule has 0 aliphatic rings. The van der Waals surface area contributed by atoms with E-state index in [1.807, 2.05) is 28.8 Å². The van der Waals surface area contributed by atoms with Gasteiger partial charge in [-0.2, -0.15) is 0 Å². The Kier molecular flexibility index (Phi) is 4.18. The number of benzene rings is 1. The van der Waals surface area contributed by atoms with E-state index in [4.69, 9.17) is 0 Å². The molecule has 0 unspecified atom stereocenters.